The minimum atomic E-state index is 0.0573. The Labute approximate surface area is 80.6 Å². The average Bonchev–Trinajstić information content (AvgIpc) is 2.82. The molecule has 0 aromatic carbocycles. The van der Waals surface area contributed by atoms with E-state index in [4.69, 9.17) is 0 Å². The van der Waals surface area contributed by atoms with Crippen molar-refractivity contribution in [2.24, 2.45) is 0 Å². The van der Waals surface area contributed by atoms with Crippen LogP contribution in [-0.4, -0.2) is 35.4 Å². The third kappa shape index (κ3) is 2.78. The molecule has 0 spiro atoms. The van der Waals surface area contributed by atoms with Gasteiger partial charge in [-0.25, -0.2) is 4.98 Å². The number of aromatic nitrogens is 1. The average molecular weight is 197 g/mol. The van der Waals surface area contributed by atoms with Crippen LogP contribution in [0.5, 0.6) is 0 Å². The molecule has 1 aromatic heterocycles. The third-order valence-corrected chi connectivity index (χ3v) is 2.56. The number of nitrogens with one attached hydrogen (secondary N) is 1. The van der Waals surface area contributed by atoms with Gasteiger partial charge in [-0.3, -0.25) is 4.79 Å². The molecule has 0 aliphatic carbocycles. The van der Waals surface area contributed by atoms with Gasteiger partial charge in [0.2, 0.25) is 5.91 Å². The van der Waals surface area contributed by atoms with Gasteiger partial charge in [-0.05, 0) is 0 Å². The van der Waals surface area contributed by atoms with Crippen LogP contribution >= 0.6 is 11.3 Å². The second-order valence-corrected chi connectivity index (χ2v) is 3.87. The van der Waals surface area contributed by atoms with E-state index in [1.165, 1.54) is 11.3 Å². The quantitative estimate of drug-likeness (QED) is 0.726. The fourth-order valence-corrected chi connectivity index (χ4v) is 1.57. The largest absolute Gasteiger partial charge is 0.302 e. The van der Waals surface area contributed by atoms with Crippen molar-refractivity contribution < 1.29 is 4.79 Å². The van der Waals surface area contributed by atoms with Crippen molar-refractivity contribution in [1.82, 2.24) is 9.88 Å². The zero-order valence-corrected chi connectivity index (χ0v) is 8.01. The Bertz CT molecular complexity index is 282. The highest BCUT2D eigenvalue weighted by Gasteiger charge is 2.17. The van der Waals surface area contributed by atoms with Crippen molar-refractivity contribution in [1.29, 1.82) is 0 Å². The molecular formula is C8H11N3OS. The van der Waals surface area contributed by atoms with E-state index in [2.05, 4.69) is 15.2 Å². The van der Waals surface area contributed by atoms with E-state index in [0.717, 1.165) is 19.6 Å². The van der Waals surface area contributed by atoms with E-state index in [-0.39, 0.29) is 5.91 Å². The van der Waals surface area contributed by atoms with Gasteiger partial charge in [0.1, 0.15) is 0 Å². The number of hydrogen-bond donors (Lipinski definition) is 1. The fourth-order valence-electron chi connectivity index (χ4n) is 1.02. The number of carbonyl (C=O) groups excluding carboxylic acids is 1. The van der Waals surface area contributed by atoms with Gasteiger partial charge in [-0.2, -0.15) is 0 Å². The molecular weight excluding hydrogens is 186 g/mol. The van der Waals surface area contributed by atoms with Crippen molar-refractivity contribution in [3.63, 3.8) is 0 Å². The highest BCUT2D eigenvalue weighted by atomic mass is 32.1. The van der Waals surface area contributed by atoms with Gasteiger partial charge >= 0.3 is 0 Å². The van der Waals surface area contributed by atoms with Crippen molar-refractivity contribution in [2.45, 2.75) is 6.42 Å². The Kier molecular flexibility index (Phi) is 2.56. The molecule has 1 fully saturated rings. The Balaban J connectivity index is 1.71. The van der Waals surface area contributed by atoms with E-state index >= 15 is 0 Å². The number of nitrogens with zero attached hydrogens (tertiary/aromatic N) is 2. The maximum Gasteiger partial charge on any atom is 0.227 e. The zero-order chi connectivity index (χ0) is 9.10. The number of anilines is 1. The van der Waals surface area contributed by atoms with Crippen molar-refractivity contribution in [2.75, 3.05) is 25.0 Å². The number of rotatable bonds is 4. The van der Waals surface area contributed by atoms with Gasteiger partial charge in [0.15, 0.2) is 5.13 Å². The van der Waals surface area contributed by atoms with Gasteiger partial charge in [0.25, 0.3) is 0 Å². The maximum absolute atomic E-state index is 11.3. The Morgan fingerprint density at radius 1 is 1.69 bits per heavy atom. The normalized spacial score (nSPS) is 15.7. The van der Waals surface area contributed by atoms with Crippen molar-refractivity contribution in [3.8, 4) is 0 Å². The molecule has 0 saturated carbocycles. The molecule has 1 aliphatic rings. The predicted molar refractivity (Wildman–Crippen MR) is 51.8 cm³/mol. The lowest BCUT2D eigenvalue weighted by molar-refractivity contribution is -0.116. The molecule has 2 rings (SSSR count). The first-order valence-electron chi connectivity index (χ1n) is 4.26. The SMILES string of the molecule is O=C(CCN1CC1)Nc1nccs1. The summed E-state index contributed by atoms with van der Waals surface area (Å²) < 4.78 is 0. The molecule has 0 radical (unpaired) electrons. The van der Waals surface area contributed by atoms with E-state index in [9.17, 15) is 4.79 Å². The standard InChI is InChI=1S/C8H11N3OS/c12-7(1-3-11-4-5-11)10-8-9-2-6-13-8/h2,6H,1,3-5H2,(H,9,10,12). The number of amides is 1. The second-order valence-electron chi connectivity index (χ2n) is 2.98. The second kappa shape index (κ2) is 3.85. The summed E-state index contributed by atoms with van der Waals surface area (Å²) in [4.78, 5) is 17.5. The van der Waals surface area contributed by atoms with Crippen LogP contribution in [0.25, 0.3) is 0 Å². The molecule has 1 aliphatic heterocycles. The van der Waals surface area contributed by atoms with E-state index in [1.54, 1.807) is 6.20 Å². The topological polar surface area (TPSA) is 45.0 Å². The Morgan fingerprint density at radius 3 is 3.15 bits per heavy atom. The Morgan fingerprint density at radius 2 is 2.54 bits per heavy atom. The summed E-state index contributed by atoms with van der Waals surface area (Å²) in [7, 11) is 0. The summed E-state index contributed by atoms with van der Waals surface area (Å²) in [6.07, 6.45) is 2.25. The van der Waals surface area contributed by atoms with E-state index < -0.39 is 0 Å². The third-order valence-electron chi connectivity index (χ3n) is 1.87. The smallest absolute Gasteiger partial charge is 0.227 e. The minimum Gasteiger partial charge on any atom is -0.302 e. The lowest BCUT2D eigenvalue weighted by Crippen LogP contribution is -2.15. The lowest BCUT2D eigenvalue weighted by Gasteiger charge is -2.00. The molecule has 1 N–H and O–H groups in total. The number of hydrogen-bond acceptors (Lipinski definition) is 4. The molecule has 2 heterocycles. The first-order chi connectivity index (χ1) is 6.34. The molecule has 0 unspecified atom stereocenters. The maximum atomic E-state index is 11.3. The van der Waals surface area contributed by atoms with Crippen LogP contribution in [0.3, 0.4) is 0 Å². The number of thiazole rings is 1. The van der Waals surface area contributed by atoms with Crippen LogP contribution in [0.15, 0.2) is 11.6 Å². The molecule has 0 atom stereocenters. The summed E-state index contributed by atoms with van der Waals surface area (Å²) in [5, 5.41) is 5.28. The fraction of sp³-hybridized carbons (Fsp3) is 0.500. The highest BCUT2D eigenvalue weighted by Crippen LogP contribution is 2.11. The molecule has 70 valence electrons. The van der Waals surface area contributed by atoms with Crippen LogP contribution in [0.2, 0.25) is 0 Å². The summed E-state index contributed by atoms with van der Waals surface area (Å²) in [5.74, 6) is 0.0573. The van der Waals surface area contributed by atoms with Crippen LogP contribution in [-0.2, 0) is 4.79 Å². The molecule has 1 aromatic rings. The molecule has 1 saturated heterocycles. The molecule has 5 heteroatoms. The van der Waals surface area contributed by atoms with Crippen molar-refractivity contribution >= 4 is 22.4 Å². The number of carbonyl (C=O) groups is 1. The summed E-state index contributed by atoms with van der Waals surface area (Å²) >= 11 is 1.44. The molecule has 0 bridgehead atoms. The molecule has 4 nitrogen and oxygen atoms in total. The van der Waals surface area contributed by atoms with Gasteiger partial charge < -0.3 is 10.2 Å². The first kappa shape index (κ1) is 8.65. The molecule has 13 heavy (non-hydrogen) atoms. The lowest BCUT2D eigenvalue weighted by atomic mass is 10.4. The Hall–Kier alpha value is -0.940. The van der Waals surface area contributed by atoms with Gasteiger partial charge in [-0.1, -0.05) is 0 Å². The highest BCUT2D eigenvalue weighted by molar-refractivity contribution is 7.13. The van der Waals surface area contributed by atoms with Crippen LogP contribution in [0, 0.1) is 0 Å². The van der Waals surface area contributed by atoms with Gasteiger partial charge in [-0.15, -0.1) is 11.3 Å². The predicted octanol–water partition coefficient (Wildman–Crippen LogP) is 0.787. The first-order valence-corrected chi connectivity index (χ1v) is 5.14. The van der Waals surface area contributed by atoms with Gasteiger partial charge in [0, 0.05) is 37.6 Å². The summed E-state index contributed by atoms with van der Waals surface area (Å²) in [5.41, 5.74) is 0. The van der Waals surface area contributed by atoms with E-state index in [1.807, 2.05) is 5.38 Å². The minimum absolute atomic E-state index is 0.0573. The monoisotopic (exact) mass is 197 g/mol. The molecule has 1 amide bonds. The van der Waals surface area contributed by atoms with Crippen LogP contribution in [0.1, 0.15) is 6.42 Å². The van der Waals surface area contributed by atoms with Crippen LogP contribution in [0.4, 0.5) is 5.13 Å². The van der Waals surface area contributed by atoms with Crippen LogP contribution < -0.4 is 5.32 Å². The van der Waals surface area contributed by atoms with Crippen molar-refractivity contribution in [3.05, 3.63) is 11.6 Å². The summed E-state index contributed by atoms with van der Waals surface area (Å²) in [6, 6.07) is 0. The summed E-state index contributed by atoms with van der Waals surface area (Å²) in [6.45, 7) is 3.16. The van der Waals surface area contributed by atoms with Gasteiger partial charge in [0.05, 0.1) is 0 Å². The zero-order valence-electron chi connectivity index (χ0n) is 7.19. The van der Waals surface area contributed by atoms with E-state index in [0.29, 0.717) is 11.6 Å².